The maximum Gasteiger partial charge on any atom is 0.104 e. The van der Waals surface area contributed by atoms with Gasteiger partial charge in [-0.1, -0.05) is 23.8 Å². The third-order valence-electron chi connectivity index (χ3n) is 3.04. The van der Waals surface area contributed by atoms with Gasteiger partial charge in [-0.15, -0.1) is 0 Å². The van der Waals surface area contributed by atoms with Crippen LogP contribution < -0.4 is 10.6 Å². The van der Waals surface area contributed by atoms with Crippen molar-refractivity contribution in [3.63, 3.8) is 0 Å². The van der Waals surface area contributed by atoms with Gasteiger partial charge in [-0.3, -0.25) is 0 Å². The second-order valence-electron chi connectivity index (χ2n) is 4.93. The fourth-order valence-electron chi connectivity index (χ4n) is 2.24. The van der Waals surface area contributed by atoms with Crippen molar-refractivity contribution >= 4 is 34.5 Å². The van der Waals surface area contributed by atoms with Crippen molar-refractivity contribution in [2.75, 3.05) is 32.1 Å². The van der Waals surface area contributed by atoms with E-state index in [-0.39, 0.29) is 0 Å². The lowest BCUT2D eigenvalue weighted by molar-refractivity contribution is 0.373. The molecule has 0 fully saturated rings. The van der Waals surface area contributed by atoms with E-state index >= 15 is 0 Å². The largest absolute Gasteiger partial charge is 0.389 e. The fourth-order valence-corrected chi connectivity index (χ4v) is 2.66. The van der Waals surface area contributed by atoms with E-state index in [2.05, 4.69) is 37.7 Å². The Balaban J connectivity index is 3.02. The molecule has 0 heterocycles. The van der Waals surface area contributed by atoms with Crippen molar-refractivity contribution in [3.05, 3.63) is 28.8 Å². The molecule has 1 atom stereocenters. The zero-order valence-corrected chi connectivity index (χ0v) is 13.6. The summed E-state index contributed by atoms with van der Waals surface area (Å²) >= 11 is 11.3. The number of likely N-dealkylation sites (N-methyl/N-ethyl adjacent to an activating group) is 2. The maximum atomic E-state index is 6.36. The van der Waals surface area contributed by atoms with E-state index < -0.39 is 0 Å². The Hall–Kier alpha value is -0.840. The summed E-state index contributed by atoms with van der Waals surface area (Å²) in [5.74, 6) is 0. The zero-order valence-electron chi connectivity index (χ0n) is 12.0. The van der Waals surface area contributed by atoms with Crippen LogP contribution in [0.15, 0.2) is 18.2 Å². The molecule has 1 aromatic rings. The molecule has 106 valence electrons. The van der Waals surface area contributed by atoms with Gasteiger partial charge in [-0.25, -0.2) is 0 Å². The summed E-state index contributed by atoms with van der Waals surface area (Å²) in [5, 5.41) is 0.692. The normalized spacial score (nSPS) is 12.5. The topological polar surface area (TPSA) is 32.5 Å². The molecule has 0 saturated carbocycles. The second-order valence-corrected chi connectivity index (χ2v) is 5.77. The molecular weight excluding hydrogens is 278 g/mol. The third kappa shape index (κ3) is 4.34. The molecule has 0 bridgehead atoms. The molecule has 19 heavy (non-hydrogen) atoms. The first-order chi connectivity index (χ1) is 8.86. The Bertz CT molecular complexity index is 448. The predicted octanol–water partition coefficient (Wildman–Crippen LogP) is 2.75. The summed E-state index contributed by atoms with van der Waals surface area (Å²) < 4.78 is 0. The van der Waals surface area contributed by atoms with Crippen LogP contribution in [0.4, 0.5) is 5.69 Å². The van der Waals surface area contributed by atoms with Gasteiger partial charge < -0.3 is 15.5 Å². The van der Waals surface area contributed by atoms with Crippen molar-refractivity contribution in [2.24, 2.45) is 5.73 Å². The molecule has 0 amide bonds. The third-order valence-corrected chi connectivity index (χ3v) is 3.58. The number of hydrogen-bond acceptors (Lipinski definition) is 3. The van der Waals surface area contributed by atoms with Gasteiger partial charge in [0, 0.05) is 24.7 Å². The smallest absolute Gasteiger partial charge is 0.104 e. The highest BCUT2D eigenvalue weighted by Crippen LogP contribution is 2.28. The van der Waals surface area contributed by atoms with Gasteiger partial charge in [0.2, 0.25) is 0 Å². The van der Waals surface area contributed by atoms with Gasteiger partial charge in [0.1, 0.15) is 4.99 Å². The van der Waals surface area contributed by atoms with Crippen LogP contribution in [0.3, 0.4) is 0 Å². The van der Waals surface area contributed by atoms with Crippen molar-refractivity contribution in [1.82, 2.24) is 4.90 Å². The number of benzene rings is 1. The number of hydrogen-bond donors (Lipinski definition) is 1. The molecule has 1 unspecified atom stereocenters. The van der Waals surface area contributed by atoms with Gasteiger partial charge >= 0.3 is 0 Å². The second kappa shape index (κ2) is 7.08. The first-order valence-corrected chi connectivity index (χ1v) is 7.16. The predicted molar refractivity (Wildman–Crippen MR) is 88.4 cm³/mol. The SMILES string of the molecule is CCN(c1ccc(C(N)=S)cc1Cl)C(C)CN(C)C. The quantitative estimate of drug-likeness (QED) is 0.819. The summed E-state index contributed by atoms with van der Waals surface area (Å²) in [6, 6.07) is 6.14. The van der Waals surface area contributed by atoms with E-state index in [1.54, 1.807) is 0 Å². The lowest BCUT2D eigenvalue weighted by Gasteiger charge is -2.32. The average molecular weight is 300 g/mol. The Morgan fingerprint density at radius 2 is 2.05 bits per heavy atom. The lowest BCUT2D eigenvalue weighted by Crippen LogP contribution is -2.40. The summed E-state index contributed by atoms with van der Waals surface area (Å²) in [4.78, 5) is 4.83. The highest BCUT2D eigenvalue weighted by molar-refractivity contribution is 7.80. The van der Waals surface area contributed by atoms with E-state index in [0.717, 1.165) is 24.3 Å². The summed E-state index contributed by atoms with van der Waals surface area (Å²) in [6.07, 6.45) is 0. The van der Waals surface area contributed by atoms with Gasteiger partial charge in [0.15, 0.2) is 0 Å². The maximum absolute atomic E-state index is 6.36. The van der Waals surface area contributed by atoms with Crippen LogP contribution in [-0.2, 0) is 0 Å². The Morgan fingerprint density at radius 1 is 1.42 bits per heavy atom. The molecular formula is C14H22ClN3S. The Morgan fingerprint density at radius 3 is 2.47 bits per heavy atom. The highest BCUT2D eigenvalue weighted by Gasteiger charge is 2.16. The summed E-state index contributed by atoms with van der Waals surface area (Å²) in [5.41, 5.74) is 7.45. The molecule has 3 nitrogen and oxygen atoms in total. The van der Waals surface area contributed by atoms with Crippen LogP contribution in [0.5, 0.6) is 0 Å². The minimum Gasteiger partial charge on any atom is -0.389 e. The van der Waals surface area contributed by atoms with Crippen molar-refractivity contribution in [3.8, 4) is 0 Å². The van der Waals surface area contributed by atoms with E-state index in [1.807, 2.05) is 18.2 Å². The van der Waals surface area contributed by atoms with Gasteiger partial charge in [-0.05, 0) is 46.1 Å². The number of thiocarbonyl (C=S) groups is 1. The molecule has 0 aliphatic carbocycles. The molecule has 0 saturated heterocycles. The van der Waals surface area contributed by atoms with Crippen LogP contribution in [0.1, 0.15) is 19.4 Å². The monoisotopic (exact) mass is 299 g/mol. The van der Waals surface area contributed by atoms with E-state index in [9.17, 15) is 0 Å². The van der Waals surface area contributed by atoms with Gasteiger partial charge in [-0.2, -0.15) is 0 Å². The molecule has 0 aliphatic rings. The number of nitrogens with two attached hydrogens (primary N) is 1. The van der Waals surface area contributed by atoms with Crippen LogP contribution in [-0.4, -0.2) is 43.1 Å². The number of nitrogens with zero attached hydrogens (tertiary/aromatic N) is 2. The Kier molecular flexibility index (Phi) is 6.04. The standard InChI is InChI=1S/C14H22ClN3S/c1-5-18(10(2)9-17(3)4)13-7-6-11(14(16)19)8-12(13)15/h6-8,10H,5,9H2,1-4H3,(H2,16,19). The van der Waals surface area contributed by atoms with Gasteiger partial charge in [0.25, 0.3) is 0 Å². The van der Waals surface area contributed by atoms with Gasteiger partial charge in [0.05, 0.1) is 10.7 Å². The molecule has 0 spiro atoms. The average Bonchev–Trinajstić information content (AvgIpc) is 2.30. The van der Waals surface area contributed by atoms with Crippen molar-refractivity contribution < 1.29 is 0 Å². The molecule has 0 aromatic heterocycles. The number of anilines is 1. The van der Waals surface area contributed by atoms with E-state index in [1.165, 1.54) is 0 Å². The summed E-state index contributed by atoms with van der Waals surface area (Å²) in [7, 11) is 4.14. The summed E-state index contributed by atoms with van der Waals surface area (Å²) in [6.45, 7) is 6.20. The zero-order chi connectivity index (χ0) is 14.6. The first kappa shape index (κ1) is 16.2. The van der Waals surface area contributed by atoms with Crippen LogP contribution in [0, 0.1) is 0 Å². The number of halogens is 1. The first-order valence-electron chi connectivity index (χ1n) is 6.37. The molecule has 1 aromatic carbocycles. The van der Waals surface area contributed by atoms with E-state index in [0.29, 0.717) is 16.1 Å². The molecule has 1 rings (SSSR count). The van der Waals surface area contributed by atoms with Crippen molar-refractivity contribution in [2.45, 2.75) is 19.9 Å². The minimum absolute atomic E-state index is 0.373. The highest BCUT2D eigenvalue weighted by atomic mass is 35.5. The molecule has 5 heteroatoms. The minimum atomic E-state index is 0.373. The van der Waals surface area contributed by atoms with Crippen molar-refractivity contribution in [1.29, 1.82) is 0 Å². The van der Waals surface area contributed by atoms with Crippen LogP contribution in [0.2, 0.25) is 5.02 Å². The molecule has 0 radical (unpaired) electrons. The lowest BCUT2D eigenvalue weighted by atomic mass is 10.1. The van der Waals surface area contributed by atoms with E-state index in [4.69, 9.17) is 29.6 Å². The molecule has 0 aliphatic heterocycles. The Labute approximate surface area is 126 Å². The fraction of sp³-hybridized carbons (Fsp3) is 0.500. The van der Waals surface area contributed by atoms with Crippen LogP contribution >= 0.6 is 23.8 Å². The van der Waals surface area contributed by atoms with Crippen LogP contribution in [0.25, 0.3) is 0 Å². The number of rotatable bonds is 6. The molecule has 2 N–H and O–H groups in total.